The largest absolute Gasteiger partial charge is 0.480 e. The van der Waals surface area contributed by atoms with Crippen LogP contribution >= 0.6 is 0 Å². The summed E-state index contributed by atoms with van der Waals surface area (Å²) in [5, 5.41) is 43.1. The second-order valence-electron chi connectivity index (χ2n) is 12.3. The van der Waals surface area contributed by atoms with Crippen LogP contribution in [0.15, 0.2) is 0 Å². The average molecular weight is 570 g/mol. The lowest BCUT2D eigenvalue weighted by Crippen LogP contribution is -2.52. The Labute approximate surface area is 239 Å². The Bertz CT molecular complexity index is 753. The molecule has 0 heterocycles. The minimum Gasteiger partial charge on any atom is -0.480 e. The number of aliphatic carboxylic acids is 2. The minimum atomic E-state index is -1.07. The molecule has 4 aliphatic carbocycles. The number of nitrogens with one attached hydrogen (secondary N) is 2. The zero-order chi connectivity index (χ0) is 28.1. The van der Waals surface area contributed by atoms with Gasteiger partial charge in [-0.3, -0.25) is 9.59 Å². The highest BCUT2D eigenvalue weighted by atomic mass is 16.4. The minimum absolute atomic E-state index is 0. The Morgan fingerprint density at radius 1 is 0.750 bits per heavy atom. The molecule has 0 aliphatic heterocycles. The van der Waals surface area contributed by atoms with E-state index < -0.39 is 23.0 Å². The molecule has 10 atom stereocenters. The van der Waals surface area contributed by atoms with Gasteiger partial charge in [0.15, 0.2) is 0 Å². The second kappa shape index (κ2) is 15.8. The second-order valence-corrected chi connectivity index (χ2v) is 12.3. The lowest BCUT2D eigenvalue weighted by atomic mass is 9.77. The summed E-state index contributed by atoms with van der Waals surface area (Å²) in [6.07, 6.45) is 9.74. The van der Waals surface area contributed by atoms with E-state index in [2.05, 4.69) is 10.6 Å². The van der Waals surface area contributed by atoms with Gasteiger partial charge in [0.2, 0.25) is 0 Å². The molecule has 14 heteroatoms. The van der Waals surface area contributed by atoms with Crippen molar-refractivity contribution in [1.82, 2.24) is 10.6 Å². The molecule has 40 heavy (non-hydrogen) atoms. The van der Waals surface area contributed by atoms with Gasteiger partial charge in [0.25, 0.3) is 15.0 Å². The molecule has 12 nitrogen and oxygen atoms in total. The van der Waals surface area contributed by atoms with Gasteiger partial charge in [0, 0.05) is 12.1 Å². The molecule has 230 valence electrons. The molecule has 0 amide bonds. The third-order valence-corrected chi connectivity index (χ3v) is 10.4. The number of carbonyl (C=O) groups is 2. The Balaban J connectivity index is 0.000000381. The lowest BCUT2D eigenvalue weighted by Gasteiger charge is -2.30. The highest BCUT2D eigenvalue weighted by Gasteiger charge is 2.58. The van der Waals surface area contributed by atoms with E-state index in [1.165, 1.54) is 0 Å². The van der Waals surface area contributed by atoms with Crippen LogP contribution in [0.2, 0.25) is 12.6 Å². The van der Waals surface area contributed by atoms with Gasteiger partial charge in [-0.1, -0.05) is 25.5 Å². The van der Waals surface area contributed by atoms with Crippen LogP contribution in [0.3, 0.4) is 0 Å². The van der Waals surface area contributed by atoms with Crippen molar-refractivity contribution in [2.24, 2.45) is 47.0 Å². The first-order valence-corrected chi connectivity index (χ1v) is 14.4. The Hall–Kier alpha value is -1.25. The third kappa shape index (κ3) is 7.57. The van der Waals surface area contributed by atoms with Gasteiger partial charge in [0.05, 0.1) is 0 Å². The van der Waals surface area contributed by atoms with Gasteiger partial charge in [-0.25, -0.2) is 0 Å². The fourth-order valence-corrected chi connectivity index (χ4v) is 8.47. The van der Waals surface area contributed by atoms with E-state index in [1.807, 2.05) is 14.1 Å². The quantitative estimate of drug-likeness (QED) is 0.102. The van der Waals surface area contributed by atoms with E-state index in [4.69, 9.17) is 21.5 Å². The standard InChI is InChI=1S/2C13H24BN2O3.2H2O/c2*1-16-9-5-8-7-13(15,12(17)18)11(10(8)6-9)3-2-4-14-19;;/h2*8-11,16,19H,2-7,15H2,1H3,(H,17,18);2*1H2/t8-,9+,10-,11+,13+;8-,9-,10-,11+,13+;;/m11../s1. The van der Waals surface area contributed by atoms with E-state index in [9.17, 15) is 19.8 Å². The molecule has 0 bridgehead atoms. The molecule has 0 unspecified atom stereocenters. The number of carboxylic acid groups (broad SMARTS) is 2. The molecule has 0 saturated heterocycles. The molecule has 0 spiro atoms. The summed E-state index contributed by atoms with van der Waals surface area (Å²) in [6, 6.07) is 1.00. The highest BCUT2D eigenvalue weighted by Crippen LogP contribution is 2.54. The summed E-state index contributed by atoms with van der Waals surface area (Å²) in [6.45, 7) is 0. The van der Waals surface area contributed by atoms with E-state index >= 15 is 0 Å². The molecular weight excluding hydrogens is 518 g/mol. The van der Waals surface area contributed by atoms with E-state index in [-0.39, 0.29) is 22.8 Å². The van der Waals surface area contributed by atoms with Gasteiger partial charge in [-0.2, -0.15) is 0 Å². The van der Waals surface area contributed by atoms with E-state index in [0.29, 0.717) is 61.2 Å². The molecule has 0 aromatic carbocycles. The predicted octanol–water partition coefficient (Wildman–Crippen LogP) is -1.22. The molecule has 4 aliphatic rings. The SMILES string of the molecule is CN[C@@H]1C[C@@H]2C[C@@](N)(C(=O)O)[C@@H](CCC[B]O)[C@@H]2C1.CN[C@H]1C[C@@H]2C[C@@](N)(C(=O)O)[C@@H](CCC[B]O)[C@@H]2C1.O.O. The van der Waals surface area contributed by atoms with E-state index in [1.54, 1.807) is 0 Å². The van der Waals surface area contributed by atoms with Crippen molar-refractivity contribution in [2.45, 2.75) is 100 Å². The number of fused-ring (bicyclic) bond motifs is 2. The summed E-state index contributed by atoms with van der Waals surface area (Å²) in [4.78, 5) is 23.1. The number of hydrogen-bond acceptors (Lipinski definition) is 8. The third-order valence-electron chi connectivity index (χ3n) is 10.4. The van der Waals surface area contributed by atoms with Crippen molar-refractivity contribution in [3.8, 4) is 0 Å². The predicted molar refractivity (Wildman–Crippen MR) is 155 cm³/mol. The van der Waals surface area contributed by atoms with Crippen LogP contribution in [0.25, 0.3) is 0 Å². The fraction of sp³-hybridized carbons (Fsp3) is 0.923. The Kier molecular flexibility index (Phi) is 14.6. The summed E-state index contributed by atoms with van der Waals surface area (Å²) in [5.74, 6) is 0.0427. The van der Waals surface area contributed by atoms with Crippen molar-refractivity contribution < 1.29 is 40.8 Å². The maximum absolute atomic E-state index is 11.6. The van der Waals surface area contributed by atoms with Crippen molar-refractivity contribution in [3.05, 3.63) is 0 Å². The van der Waals surface area contributed by atoms with Crippen molar-refractivity contribution >= 4 is 26.9 Å². The summed E-state index contributed by atoms with van der Waals surface area (Å²) in [5.41, 5.74) is 10.3. The van der Waals surface area contributed by atoms with Crippen LogP contribution in [0, 0.1) is 35.5 Å². The average Bonchev–Trinajstić information content (AvgIpc) is 3.59. The lowest BCUT2D eigenvalue weighted by molar-refractivity contribution is -0.146. The van der Waals surface area contributed by atoms with Gasteiger partial charge < -0.3 is 53.3 Å². The molecule has 0 aromatic rings. The van der Waals surface area contributed by atoms with Crippen LogP contribution < -0.4 is 22.1 Å². The maximum Gasteiger partial charge on any atom is 0.323 e. The van der Waals surface area contributed by atoms with Crippen LogP contribution in [0.1, 0.15) is 64.2 Å². The van der Waals surface area contributed by atoms with Gasteiger partial charge in [0.1, 0.15) is 11.1 Å². The Morgan fingerprint density at radius 3 is 1.38 bits per heavy atom. The summed E-state index contributed by atoms with van der Waals surface area (Å²) >= 11 is 0. The van der Waals surface area contributed by atoms with Gasteiger partial charge >= 0.3 is 11.9 Å². The Morgan fingerprint density at radius 2 is 1.10 bits per heavy atom. The number of nitrogens with two attached hydrogens (primary N) is 2. The van der Waals surface area contributed by atoms with Crippen molar-refractivity contribution in [1.29, 1.82) is 0 Å². The fourth-order valence-electron chi connectivity index (χ4n) is 8.47. The van der Waals surface area contributed by atoms with E-state index in [0.717, 1.165) is 66.3 Å². The molecular formula is C26H52B2N4O8. The number of hydrogen-bond donors (Lipinski definition) is 8. The zero-order valence-electron chi connectivity index (χ0n) is 24.0. The summed E-state index contributed by atoms with van der Waals surface area (Å²) in [7, 11) is 6.23. The molecule has 14 N–H and O–H groups in total. The molecule has 4 saturated carbocycles. The summed E-state index contributed by atoms with van der Waals surface area (Å²) < 4.78 is 0. The normalized spacial score (nSPS) is 39.1. The van der Waals surface area contributed by atoms with Gasteiger partial charge in [-0.05, 0) is 101 Å². The van der Waals surface area contributed by atoms with Crippen LogP contribution in [-0.2, 0) is 9.59 Å². The highest BCUT2D eigenvalue weighted by molar-refractivity contribution is 6.25. The van der Waals surface area contributed by atoms with Gasteiger partial charge in [-0.15, -0.1) is 0 Å². The smallest absolute Gasteiger partial charge is 0.323 e. The van der Waals surface area contributed by atoms with Crippen LogP contribution in [-0.4, -0.2) is 95.4 Å². The molecule has 2 radical (unpaired) electrons. The first kappa shape index (κ1) is 36.8. The first-order chi connectivity index (χ1) is 18.0. The topological polar surface area (TPSA) is 254 Å². The molecule has 4 fully saturated rings. The van der Waals surface area contributed by atoms with Crippen molar-refractivity contribution in [2.75, 3.05) is 14.1 Å². The van der Waals surface area contributed by atoms with Crippen LogP contribution in [0.5, 0.6) is 0 Å². The van der Waals surface area contributed by atoms with Crippen molar-refractivity contribution in [3.63, 3.8) is 0 Å². The first-order valence-electron chi connectivity index (χ1n) is 14.4. The maximum atomic E-state index is 11.6. The van der Waals surface area contributed by atoms with Crippen LogP contribution in [0.4, 0.5) is 0 Å². The molecule has 4 rings (SSSR count). The zero-order valence-corrected chi connectivity index (χ0v) is 24.0. The number of carboxylic acids is 2. The molecule has 0 aromatic heterocycles. The number of rotatable bonds is 12. The monoisotopic (exact) mass is 570 g/mol.